The Morgan fingerprint density at radius 1 is 1.42 bits per heavy atom. The molecule has 2 aromatic rings. The van der Waals surface area contributed by atoms with Crippen molar-refractivity contribution in [2.75, 3.05) is 5.32 Å². The lowest BCUT2D eigenvalue weighted by Crippen LogP contribution is -2.16. The Morgan fingerprint density at radius 3 is 3.26 bits per heavy atom. The number of hydrogen-bond acceptors (Lipinski definition) is 4. The number of nitrogens with one attached hydrogen (secondary N) is 1. The first-order valence-electron chi connectivity index (χ1n) is 7.00. The first-order chi connectivity index (χ1) is 9.36. The zero-order chi connectivity index (χ0) is 13.1. The first kappa shape index (κ1) is 12.6. The summed E-state index contributed by atoms with van der Waals surface area (Å²) in [7, 11) is 0. The molecule has 0 fully saturated rings. The highest BCUT2D eigenvalue weighted by atomic mass is 32.1. The smallest absolute Gasteiger partial charge is 0.130 e. The molecule has 3 rings (SSSR count). The Bertz CT molecular complexity index is 550. The second-order valence-electron chi connectivity index (χ2n) is 5.03. The maximum Gasteiger partial charge on any atom is 0.130 e. The van der Waals surface area contributed by atoms with Crippen LogP contribution in [0.5, 0.6) is 0 Å². The average Bonchev–Trinajstić information content (AvgIpc) is 2.89. The van der Waals surface area contributed by atoms with E-state index < -0.39 is 0 Å². The summed E-state index contributed by atoms with van der Waals surface area (Å²) in [6.07, 6.45) is 7.50. The molecule has 2 heterocycles. The largest absolute Gasteiger partial charge is 0.363 e. The molecule has 3 nitrogen and oxygen atoms in total. The van der Waals surface area contributed by atoms with Crippen molar-refractivity contribution in [2.45, 2.75) is 45.1 Å². The highest BCUT2D eigenvalue weighted by molar-refractivity contribution is 7.10. The van der Waals surface area contributed by atoms with E-state index in [1.165, 1.54) is 29.7 Å². The Hall–Kier alpha value is -1.42. The van der Waals surface area contributed by atoms with Crippen LogP contribution in [0.15, 0.2) is 23.8 Å². The second kappa shape index (κ2) is 5.70. The molecule has 1 N–H and O–H groups in total. The third-order valence-corrected chi connectivity index (χ3v) is 4.60. The summed E-state index contributed by atoms with van der Waals surface area (Å²) >= 11 is 1.88. The number of nitrogens with zero attached hydrogens (tertiary/aromatic N) is 2. The van der Waals surface area contributed by atoms with E-state index in [4.69, 9.17) is 0 Å². The van der Waals surface area contributed by atoms with Crippen LogP contribution in [0.3, 0.4) is 0 Å². The monoisotopic (exact) mass is 273 g/mol. The van der Waals surface area contributed by atoms with Gasteiger partial charge in [0.05, 0.1) is 6.04 Å². The van der Waals surface area contributed by atoms with Crippen molar-refractivity contribution in [3.05, 3.63) is 40.0 Å². The van der Waals surface area contributed by atoms with Crippen molar-refractivity contribution in [2.24, 2.45) is 0 Å². The quantitative estimate of drug-likeness (QED) is 0.915. The predicted molar refractivity (Wildman–Crippen MR) is 79.6 cm³/mol. The van der Waals surface area contributed by atoms with Crippen LogP contribution in [-0.2, 0) is 12.8 Å². The van der Waals surface area contributed by atoms with Crippen molar-refractivity contribution in [3.63, 3.8) is 0 Å². The van der Waals surface area contributed by atoms with Crippen molar-refractivity contribution in [3.8, 4) is 0 Å². The minimum absolute atomic E-state index is 0.416. The molecule has 0 radical (unpaired) electrons. The highest BCUT2D eigenvalue weighted by Gasteiger charge is 2.21. The highest BCUT2D eigenvalue weighted by Crippen LogP contribution is 2.35. The molecule has 1 aliphatic carbocycles. The lowest BCUT2D eigenvalue weighted by atomic mass is 9.94. The number of anilines is 1. The van der Waals surface area contributed by atoms with Crippen LogP contribution in [0.25, 0.3) is 0 Å². The number of aromatic nitrogens is 2. The van der Waals surface area contributed by atoms with Crippen molar-refractivity contribution in [1.29, 1.82) is 0 Å². The fraction of sp³-hybridized carbons (Fsp3) is 0.467. The fourth-order valence-corrected chi connectivity index (χ4v) is 3.67. The molecule has 100 valence electrons. The second-order valence-corrected chi connectivity index (χ2v) is 6.03. The van der Waals surface area contributed by atoms with Crippen LogP contribution in [0.2, 0.25) is 0 Å². The Morgan fingerprint density at radius 2 is 2.37 bits per heavy atom. The molecule has 1 aliphatic rings. The topological polar surface area (TPSA) is 37.8 Å². The molecule has 1 atom stereocenters. The minimum Gasteiger partial charge on any atom is -0.363 e. The van der Waals surface area contributed by atoms with Gasteiger partial charge in [-0.2, -0.15) is 0 Å². The van der Waals surface area contributed by atoms with Crippen LogP contribution in [0.1, 0.15) is 48.4 Å². The Balaban J connectivity index is 1.77. The van der Waals surface area contributed by atoms with E-state index in [1.807, 2.05) is 11.3 Å². The number of hydrogen-bond donors (Lipinski definition) is 1. The van der Waals surface area contributed by atoms with E-state index >= 15 is 0 Å². The van der Waals surface area contributed by atoms with Gasteiger partial charge in [0.25, 0.3) is 0 Å². The SMILES string of the molecule is CCCc1cc(NC2CCCc3sccc32)ncn1. The van der Waals surface area contributed by atoms with Crippen LogP contribution in [-0.4, -0.2) is 9.97 Å². The van der Waals surface area contributed by atoms with Crippen molar-refractivity contribution in [1.82, 2.24) is 9.97 Å². The summed E-state index contributed by atoms with van der Waals surface area (Å²) in [6.45, 7) is 2.17. The van der Waals surface area contributed by atoms with Crippen LogP contribution in [0, 0.1) is 0 Å². The van der Waals surface area contributed by atoms with Gasteiger partial charge in [0.15, 0.2) is 0 Å². The third-order valence-electron chi connectivity index (χ3n) is 3.60. The van der Waals surface area contributed by atoms with Gasteiger partial charge in [-0.25, -0.2) is 9.97 Å². The summed E-state index contributed by atoms with van der Waals surface area (Å²) in [6, 6.07) is 4.76. The standard InChI is InChI=1S/C15H19N3S/c1-2-4-11-9-15(17-10-16-11)18-13-5-3-6-14-12(13)7-8-19-14/h7-10,13H,2-6H2,1H3,(H,16,17,18). The van der Waals surface area contributed by atoms with Crippen LogP contribution < -0.4 is 5.32 Å². The molecule has 1 unspecified atom stereocenters. The lowest BCUT2D eigenvalue weighted by Gasteiger charge is -2.24. The van der Waals surface area contributed by atoms with E-state index in [9.17, 15) is 0 Å². The van der Waals surface area contributed by atoms with Gasteiger partial charge in [-0.1, -0.05) is 13.3 Å². The van der Waals surface area contributed by atoms with E-state index in [-0.39, 0.29) is 0 Å². The molecule has 0 aromatic carbocycles. The zero-order valence-electron chi connectivity index (χ0n) is 11.2. The molecule has 0 spiro atoms. The van der Waals surface area contributed by atoms with Crippen molar-refractivity contribution < 1.29 is 0 Å². The van der Waals surface area contributed by atoms with E-state index in [1.54, 1.807) is 6.33 Å². The lowest BCUT2D eigenvalue weighted by molar-refractivity contribution is 0.606. The van der Waals surface area contributed by atoms with E-state index in [0.29, 0.717) is 6.04 Å². The van der Waals surface area contributed by atoms with E-state index in [0.717, 1.165) is 24.4 Å². The maximum atomic E-state index is 4.35. The number of fused-ring (bicyclic) bond motifs is 1. The summed E-state index contributed by atoms with van der Waals surface area (Å²) < 4.78 is 0. The molecular weight excluding hydrogens is 254 g/mol. The fourth-order valence-electron chi connectivity index (χ4n) is 2.68. The molecule has 0 amide bonds. The van der Waals surface area contributed by atoms with Gasteiger partial charge < -0.3 is 5.32 Å². The summed E-state index contributed by atoms with van der Waals surface area (Å²) in [5.74, 6) is 0.961. The molecule has 0 aliphatic heterocycles. The summed E-state index contributed by atoms with van der Waals surface area (Å²) in [4.78, 5) is 10.2. The number of rotatable bonds is 4. The zero-order valence-corrected chi connectivity index (χ0v) is 12.0. The normalized spacial score (nSPS) is 18.1. The van der Waals surface area contributed by atoms with Crippen LogP contribution in [0.4, 0.5) is 5.82 Å². The van der Waals surface area contributed by atoms with Gasteiger partial charge in [0.1, 0.15) is 12.1 Å². The average molecular weight is 273 g/mol. The first-order valence-corrected chi connectivity index (χ1v) is 7.88. The molecular formula is C15H19N3S. The predicted octanol–water partition coefficient (Wildman–Crippen LogP) is 3.98. The molecule has 19 heavy (non-hydrogen) atoms. The van der Waals surface area contributed by atoms with Gasteiger partial charge in [-0.05, 0) is 42.7 Å². The summed E-state index contributed by atoms with van der Waals surface area (Å²) in [5, 5.41) is 5.78. The van der Waals surface area contributed by atoms with Gasteiger partial charge in [0, 0.05) is 16.6 Å². The molecule has 2 aromatic heterocycles. The van der Waals surface area contributed by atoms with E-state index in [2.05, 4.69) is 39.7 Å². The Labute approximate surface area is 118 Å². The number of aryl methyl sites for hydroxylation is 2. The van der Waals surface area contributed by atoms with Gasteiger partial charge in [-0.3, -0.25) is 0 Å². The number of thiophene rings is 1. The Kier molecular flexibility index (Phi) is 3.78. The molecule has 0 saturated carbocycles. The van der Waals surface area contributed by atoms with Gasteiger partial charge in [0.2, 0.25) is 0 Å². The van der Waals surface area contributed by atoms with Crippen molar-refractivity contribution >= 4 is 17.2 Å². The third kappa shape index (κ3) is 2.78. The van der Waals surface area contributed by atoms with Gasteiger partial charge >= 0.3 is 0 Å². The molecule has 0 bridgehead atoms. The summed E-state index contributed by atoms with van der Waals surface area (Å²) in [5.41, 5.74) is 2.59. The maximum absolute atomic E-state index is 4.35. The minimum atomic E-state index is 0.416. The van der Waals surface area contributed by atoms with Crippen LogP contribution >= 0.6 is 11.3 Å². The molecule has 4 heteroatoms. The molecule has 0 saturated heterocycles. The van der Waals surface area contributed by atoms with Gasteiger partial charge in [-0.15, -0.1) is 11.3 Å².